The van der Waals surface area contributed by atoms with Gasteiger partial charge in [-0.25, -0.2) is 8.78 Å². The van der Waals surface area contributed by atoms with E-state index >= 15 is 0 Å². The van der Waals surface area contributed by atoms with Crippen molar-refractivity contribution in [1.82, 2.24) is 0 Å². The average Bonchev–Trinajstić information content (AvgIpc) is 2.63. The van der Waals surface area contributed by atoms with Crippen LogP contribution in [0.4, 0.5) is 8.78 Å². The van der Waals surface area contributed by atoms with Gasteiger partial charge in [0.2, 0.25) is 0 Å². The predicted molar refractivity (Wildman–Crippen MR) is 105 cm³/mol. The third-order valence-corrected chi connectivity index (χ3v) is 4.61. The normalized spacial score (nSPS) is 12.5. The van der Waals surface area contributed by atoms with Gasteiger partial charge in [0, 0.05) is 10.6 Å². The van der Waals surface area contributed by atoms with Crippen LogP contribution >= 0.6 is 11.6 Å². The van der Waals surface area contributed by atoms with Crippen LogP contribution in [-0.4, -0.2) is 0 Å². The lowest BCUT2D eigenvalue weighted by atomic mass is 9.93. The Kier molecular flexibility index (Phi) is 5.85. The Balaban J connectivity index is 1.78. The largest absolute Gasteiger partial charge is 0.206 e. The van der Waals surface area contributed by atoms with E-state index in [0.29, 0.717) is 17.0 Å². The summed E-state index contributed by atoms with van der Waals surface area (Å²) in [6, 6.07) is 19.9. The maximum Gasteiger partial charge on any atom is 0.133 e. The fraction of sp³-hybridized carbons (Fsp3) is 0.130. The molecule has 3 aromatic rings. The molecule has 3 heteroatoms. The van der Waals surface area contributed by atoms with Crippen LogP contribution in [-0.2, 0) is 6.42 Å². The number of halogens is 3. The second-order valence-corrected chi connectivity index (χ2v) is 6.81. The van der Waals surface area contributed by atoms with Gasteiger partial charge in [0.25, 0.3) is 0 Å². The summed E-state index contributed by atoms with van der Waals surface area (Å²) in [5, 5.41) is 0.622. The molecule has 0 aliphatic heterocycles. The fourth-order valence-corrected chi connectivity index (χ4v) is 3.05. The zero-order valence-corrected chi connectivity index (χ0v) is 15.2. The molecule has 0 aliphatic carbocycles. The Morgan fingerprint density at radius 3 is 2.12 bits per heavy atom. The monoisotopic (exact) mass is 368 g/mol. The summed E-state index contributed by atoms with van der Waals surface area (Å²) in [4.78, 5) is 0. The molecule has 0 amide bonds. The van der Waals surface area contributed by atoms with Crippen molar-refractivity contribution in [2.24, 2.45) is 0 Å². The number of benzene rings is 3. The first-order valence-electron chi connectivity index (χ1n) is 8.49. The van der Waals surface area contributed by atoms with Crippen molar-refractivity contribution in [3.8, 4) is 0 Å². The highest BCUT2D eigenvalue weighted by atomic mass is 35.5. The van der Waals surface area contributed by atoms with Crippen molar-refractivity contribution in [2.75, 3.05) is 0 Å². The zero-order chi connectivity index (χ0) is 18.5. The van der Waals surface area contributed by atoms with Crippen molar-refractivity contribution in [3.63, 3.8) is 0 Å². The van der Waals surface area contributed by atoms with Crippen LogP contribution in [0.3, 0.4) is 0 Å². The molecular formula is C23H19ClF2. The van der Waals surface area contributed by atoms with E-state index in [4.69, 9.17) is 11.6 Å². The molecule has 0 aromatic heterocycles. The summed E-state index contributed by atoms with van der Waals surface area (Å²) in [6.07, 6.45) is 3.71. The van der Waals surface area contributed by atoms with E-state index in [1.54, 1.807) is 30.3 Å². The summed E-state index contributed by atoms with van der Waals surface area (Å²) < 4.78 is 28.8. The van der Waals surface area contributed by atoms with Crippen molar-refractivity contribution in [3.05, 3.63) is 106 Å². The van der Waals surface area contributed by atoms with Crippen molar-refractivity contribution in [1.29, 1.82) is 0 Å². The van der Waals surface area contributed by atoms with Gasteiger partial charge in [-0.3, -0.25) is 0 Å². The first-order chi connectivity index (χ1) is 12.5. The van der Waals surface area contributed by atoms with E-state index in [0.717, 1.165) is 11.1 Å². The number of hydrogen-bond acceptors (Lipinski definition) is 0. The Labute approximate surface area is 157 Å². The molecule has 0 fully saturated rings. The third-order valence-electron chi connectivity index (χ3n) is 4.36. The molecule has 1 atom stereocenters. The molecule has 0 bridgehead atoms. The van der Waals surface area contributed by atoms with Gasteiger partial charge < -0.3 is 0 Å². The van der Waals surface area contributed by atoms with E-state index in [-0.39, 0.29) is 11.5 Å². The minimum atomic E-state index is -0.550. The smallest absolute Gasteiger partial charge is 0.133 e. The Morgan fingerprint density at radius 2 is 1.50 bits per heavy atom. The number of hydrogen-bond donors (Lipinski definition) is 0. The lowest BCUT2D eigenvalue weighted by molar-refractivity contribution is 0.573. The molecule has 132 valence electrons. The standard InChI is InChI=1S/C23H19ClF2/c1-16(19-5-3-2-4-6-19)13-18-14-22(25)21(23(26)15-18)12-9-17-7-10-20(24)11-8-17/h2-12,14-16H,13H2,1H3/t16-/m0/s1. The van der Waals surface area contributed by atoms with Gasteiger partial charge in [-0.2, -0.15) is 0 Å². The minimum absolute atomic E-state index is 0.0314. The molecule has 0 spiro atoms. The van der Waals surface area contributed by atoms with Gasteiger partial charge in [-0.1, -0.05) is 67.1 Å². The van der Waals surface area contributed by atoms with Gasteiger partial charge >= 0.3 is 0 Å². The highest BCUT2D eigenvalue weighted by molar-refractivity contribution is 6.30. The molecule has 0 aliphatic rings. The summed E-state index contributed by atoms with van der Waals surface area (Å²) in [6.45, 7) is 2.06. The van der Waals surface area contributed by atoms with Gasteiger partial charge in [0.15, 0.2) is 0 Å². The molecule has 0 heterocycles. The molecule has 0 N–H and O–H groups in total. The van der Waals surface area contributed by atoms with E-state index in [9.17, 15) is 8.78 Å². The van der Waals surface area contributed by atoms with Crippen molar-refractivity contribution in [2.45, 2.75) is 19.3 Å². The van der Waals surface area contributed by atoms with Crippen LogP contribution in [0.1, 0.15) is 35.1 Å². The highest BCUT2D eigenvalue weighted by Crippen LogP contribution is 2.24. The fourth-order valence-electron chi connectivity index (χ4n) is 2.92. The summed E-state index contributed by atoms with van der Waals surface area (Å²) >= 11 is 5.84. The summed E-state index contributed by atoms with van der Waals surface area (Å²) in [5.74, 6) is -0.915. The molecule has 3 aromatic carbocycles. The SMILES string of the molecule is C[C@@H](Cc1cc(F)c(C=Cc2ccc(Cl)cc2)c(F)c1)c1ccccc1. The van der Waals surface area contributed by atoms with Crippen LogP contribution < -0.4 is 0 Å². The summed E-state index contributed by atoms with van der Waals surface area (Å²) in [7, 11) is 0. The number of rotatable bonds is 5. The average molecular weight is 369 g/mol. The maximum absolute atomic E-state index is 14.4. The second-order valence-electron chi connectivity index (χ2n) is 6.37. The quantitative estimate of drug-likeness (QED) is 0.420. The van der Waals surface area contributed by atoms with Crippen LogP contribution in [0.15, 0.2) is 66.7 Å². The Morgan fingerprint density at radius 1 is 0.885 bits per heavy atom. The lowest BCUT2D eigenvalue weighted by Gasteiger charge is -2.13. The molecule has 0 saturated carbocycles. The minimum Gasteiger partial charge on any atom is -0.206 e. The molecular weight excluding hydrogens is 350 g/mol. The van der Waals surface area contributed by atoms with Crippen LogP contribution in [0, 0.1) is 11.6 Å². The maximum atomic E-state index is 14.4. The van der Waals surface area contributed by atoms with Gasteiger partial charge in [-0.05, 0) is 59.4 Å². The van der Waals surface area contributed by atoms with Crippen LogP contribution in [0.2, 0.25) is 5.02 Å². The molecule has 0 radical (unpaired) electrons. The second kappa shape index (κ2) is 8.29. The van der Waals surface area contributed by atoms with Crippen molar-refractivity contribution >= 4 is 23.8 Å². The van der Waals surface area contributed by atoms with Crippen LogP contribution in [0.5, 0.6) is 0 Å². The van der Waals surface area contributed by atoms with E-state index < -0.39 is 11.6 Å². The lowest BCUT2D eigenvalue weighted by Crippen LogP contribution is -2.01. The first kappa shape index (κ1) is 18.3. The molecule has 26 heavy (non-hydrogen) atoms. The van der Waals surface area contributed by atoms with E-state index in [2.05, 4.69) is 6.92 Å². The molecule has 0 saturated heterocycles. The first-order valence-corrected chi connectivity index (χ1v) is 8.87. The summed E-state index contributed by atoms with van der Waals surface area (Å²) in [5.41, 5.74) is 2.60. The van der Waals surface area contributed by atoms with E-state index in [1.165, 1.54) is 18.2 Å². The van der Waals surface area contributed by atoms with E-state index in [1.807, 2.05) is 30.3 Å². The van der Waals surface area contributed by atoms with Gasteiger partial charge in [0.05, 0.1) is 0 Å². The van der Waals surface area contributed by atoms with Gasteiger partial charge in [-0.15, -0.1) is 0 Å². The molecule has 3 rings (SSSR count). The predicted octanol–water partition coefficient (Wildman–Crippen LogP) is 7.13. The van der Waals surface area contributed by atoms with Crippen LogP contribution in [0.25, 0.3) is 12.2 Å². The zero-order valence-electron chi connectivity index (χ0n) is 14.4. The topological polar surface area (TPSA) is 0 Å². The molecule has 0 nitrogen and oxygen atoms in total. The third kappa shape index (κ3) is 4.59. The Hall–Kier alpha value is -2.45. The van der Waals surface area contributed by atoms with Crippen molar-refractivity contribution < 1.29 is 8.78 Å². The highest BCUT2D eigenvalue weighted by Gasteiger charge is 2.12. The Bertz CT molecular complexity index is 876. The van der Waals surface area contributed by atoms with Gasteiger partial charge in [0.1, 0.15) is 11.6 Å². The molecule has 0 unspecified atom stereocenters.